The van der Waals surface area contributed by atoms with E-state index >= 15 is 0 Å². The Morgan fingerprint density at radius 1 is 1.33 bits per heavy atom. The molecule has 0 aliphatic carbocycles. The lowest BCUT2D eigenvalue weighted by Gasteiger charge is -2.40. The number of piperidine rings is 1. The summed E-state index contributed by atoms with van der Waals surface area (Å²) in [5.41, 5.74) is -0.417. The van der Waals surface area contributed by atoms with Crippen molar-refractivity contribution in [2.75, 3.05) is 20.2 Å². The second-order valence-corrected chi connectivity index (χ2v) is 7.09. The van der Waals surface area contributed by atoms with Crippen LogP contribution < -0.4 is 5.32 Å². The maximum atomic E-state index is 12.2. The largest absolute Gasteiger partial charge is 0.469 e. The van der Waals surface area contributed by atoms with Crippen LogP contribution in [0.3, 0.4) is 0 Å². The van der Waals surface area contributed by atoms with Crippen LogP contribution in [0.15, 0.2) is 0 Å². The normalized spacial score (nSPS) is 25.2. The van der Waals surface area contributed by atoms with Gasteiger partial charge in [0.15, 0.2) is 0 Å². The van der Waals surface area contributed by atoms with Gasteiger partial charge in [0.2, 0.25) is 5.91 Å². The maximum absolute atomic E-state index is 12.2. The molecular formula is C16H30N2O3. The standard InChI is InChI=1S/C16H30N2O3/c1-7-11(2)18-9-12(14(19)21-6)8-13(10-18)17-15(20)16(3,4)5/h11-13H,7-10H2,1-6H3,(H,17,20). The van der Waals surface area contributed by atoms with Gasteiger partial charge in [-0.05, 0) is 19.8 Å². The molecule has 0 aromatic heterocycles. The van der Waals surface area contributed by atoms with Gasteiger partial charge in [-0.3, -0.25) is 14.5 Å². The minimum absolute atomic E-state index is 0.00331. The van der Waals surface area contributed by atoms with Gasteiger partial charge >= 0.3 is 5.97 Å². The molecule has 5 heteroatoms. The number of carbonyl (C=O) groups excluding carboxylic acids is 2. The number of methoxy groups -OCH3 is 1. The zero-order valence-corrected chi connectivity index (χ0v) is 14.2. The molecule has 0 aromatic carbocycles. The van der Waals surface area contributed by atoms with Crippen LogP contribution in [-0.4, -0.2) is 49.1 Å². The summed E-state index contributed by atoms with van der Waals surface area (Å²) in [6, 6.07) is 0.398. The van der Waals surface area contributed by atoms with Crippen LogP contribution in [0.2, 0.25) is 0 Å². The Bertz CT molecular complexity index is 376. The number of hydrogen-bond acceptors (Lipinski definition) is 4. The van der Waals surface area contributed by atoms with Crippen molar-refractivity contribution < 1.29 is 14.3 Å². The zero-order valence-electron chi connectivity index (χ0n) is 14.2. The molecule has 0 bridgehead atoms. The predicted molar refractivity (Wildman–Crippen MR) is 82.8 cm³/mol. The fraction of sp³-hybridized carbons (Fsp3) is 0.875. The number of rotatable bonds is 4. The summed E-state index contributed by atoms with van der Waals surface area (Å²) in [6.45, 7) is 11.5. The number of esters is 1. The van der Waals surface area contributed by atoms with Crippen LogP contribution in [0, 0.1) is 11.3 Å². The second-order valence-electron chi connectivity index (χ2n) is 7.09. The molecule has 0 spiro atoms. The first kappa shape index (κ1) is 18.0. The van der Waals surface area contributed by atoms with Crippen LogP contribution in [0.25, 0.3) is 0 Å². The van der Waals surface area contributed by atoms with Gasteiger partial charge in [-0.2, -0.15) is 0 Å². The van der Waals surface area contributed by atoms with Crippen molar-refractivity contribution in [3.05, 3.63) is 0 Å². The lowest BCUT2D eigenvalue weighted by molar-refractivity contribution is -0.148. The molecule has 0 saturated carbocycles. The molecule has 3 unspecified atom stereocenters. The van der Waals surface area contributed by atoms with E-state index in [-0.39, 0.29) is 23.8 Å². The van der Waals surface area contributed by atoms with Crippen molar-refractivity contribution in [3.8, 4) is 0 Å². The Hall–Kier alpha value is -1.10. The highest BCUT2D eigenvalue weighted by molar-refractivity contribution is 5.81. The van der Waals surface area contributed by atoms with E-state index in [0.29, 0.717) is 19.0 Å². The molecule has 1 heterocycles. The first-order chi connectivity index (χ1) is 9.68. The van der Waals surface area contributed by atoms with Gasteiger partial charge in [-0.15, -0.1) is 0 Å². The smallest absolute Gasteiger partial charge is 0.310 e. The summed E-state index contributed by atoms with van der Waals surface area (Å²) in [4.78, 5) is 26.3. The van der Waals surface area contributed by atoms with E-state index in [4.69, 9.17) is 4.74 Å². The van der Waals surface area contributed by atoms with Gasteiger partial charge < -0.3 is 10.1 Å². The van der Waals surface area contributed by atoms with Crippen LogP contribution in [-0.2, 0) is 14.3 Å². The fourth-order valence-corrected chi connectivity index (χ4v) is 2.60. The molecule has 1 aliphatic rings. The number of hydrogen-bond donors (Lipinski definition) is 1. The van der Waals surface area contributed by atoms with E-state index < -0.39 is 5.41 Å². The highest BCUT2D eigenvalue weighted by Gasteiger charge is 2.35. The second kappa shape index (κ2) is 7.25. The van der Waals surface area contributed by atoms with Crippen LogP contribution in [0.5, 0.6) is 0 Å². The maximum Gasteiger partial charge on any atom is 0.310 e. The molecule has 1 N–H and O–H groups in total. The summed E-state index contributed by atoms with van der Waals surface area (Å²) in [5.74, 6) is -0.317. The van der Waals surface area contributed by atoms with Crippen molar-refractivity contribution in [2.24, 2.45) is 11.3 Å². The highest BCUT2D eigenvalue weighted by Crippen LogP contribution is 2.22. The third kappa shape index (κ3) is 4.99. The molecule has 0 radical (unpaired) electrons. The average molecular weight is 298 g/mol. The van der Waals surface area contributed by atoms with Crippen molar-refractivity contribution in [1.82, 2.24) is 10.2 Å². The first-order valence-corrected chi connectivity index (χ1v) is 7.81. The number of nitrogens with one attached hydrogen (secondary N) is 1. The predicted octanol–water partition coefficient (Wildman–Crippen LogP) is 1.81. The van der Waals surface area contributed by atoms with E-state index in [1.807, 2.05) is 20.8 Å². The summed E-state index contributed by atoms with van der Waals surface area (Å²) in [7, 11) is 1.42. The molecular weight excluding hydrogens is 268 g/mol. The Kier molecular flexibility index (Phi) is 6.20. The van der Waals surface area contributed by atoms with Crippen LogP contribution in [0.1, 0.15) is 47.5 Å². The topological polar surface area (TPSA) is 58.6 Å². The molecule has 1 saturated heterocycles. The van der Waals surface area contributed by atoms with Gasteiger partial charge in [-0.1, -0.05) is 27.7 Å². The molecule has 1 amide bonds. The van der Waals surface area contributed by atoms with Crippen LogP contribution >= 0.6 is 0 Å². The summed E-state index contributed by atoms with van der Waals surface area (Å²) in [5, 5.41) is 3.09. The molecule has 122 valence electrons. The molecule has 1 rings (SSSR count). The average Bonchev–Trinajstić information content (AvgIpc) is 2.44. The Labute approximate surface area is 128 Å². The lowest BCUT2D eigenvalue weighted by Crippen LogP contribution is -2.56. The molecule has 1 aliphatic heterocycles. The number of ether oxygens (including phenoxy) is 1. The van der Waals surface area contributed by atoms with E-state index in [2.05, 4.69) is 24.1 Å². The van der Waals surface area contributed by atoms with Gasteiger partial charge in [0, 0.05) is 30.6 Å². The fourth-order valence-electron chi connectivity index (χ4n) is 2.60. The van der Waals surface area contributed by atoms with Crippen LogP contribution in [0.4, 0.5) is 0 Å². The molecule has 1 fully saturated rings. The van der Waals surface area contributed by atoms with Crippen molar-refractivity contribution in [2.45, 2.75) is 59.5 Å². The zero-order chi connectivity index (χ0) is 16.2. The minimum Gasteiger partial charge on any atom is -0.469 e. The summed E-state index contributed by atoms with van der Waals surface area (Å²) in [6.07, 6.45) is 1.68. The van der Waals surface area contributed by atoms with Gasteiger partial charge in [0.05, 0.1) is 13.0 Å². The number of nitrogens with zero attached hydrogens (tertiary/aromatic N) is 1. The van der Waals surface area contributed by atoms with Gasteiger partial charge in [0.25, 0.3) is 0 Å². The van der Waals surface area contributed by atoms with E-state index in [1.54, 1.807) is 0 Å². The lowest BCUT2D eigenvalue weighted by atomic mass is 9.90. The monoisotopic (exact) mass is 298 g/mol. The van der Waals surface area contributed by atoms with Gasteiger partial charge in [-0.25, -0.2) is 0 Å². The number of likely N-dealkylation sites (tertiary alicyclic amines) is 1. The number of amides is 1. The summed E-state index contributed by atoms with van der Waals surface area (Å²) >= 11 is 0. The summed E-state index contributed by atoms with van der Waals surface area (Å²) < 4.78 is 4.89. The SMILES string of the molecule is CCC(C)N1CC(NC(=O)C(C)(C)C)CC(C(=O)OC)C1. The van der Waals surface area contributed by atoms with Crippen molar-refractivity contribution in [1.29, 1.82) is 0 Å². The van der Waals surface area contributed by atoms with Crippen molar-refractivity contribution >= 4 is 11.9 Å². The highest BCUT2D eigenvalue weighted by atomic mass is 16.5. The molecule has 3 atom stereocenters. The molecule has 21 heavy (non-hydrogen) atoms. The van der Waals surface area contributed by atoms with E-state index in [9.17, 15) is 9.59 Å². The third-order valence-electron chi connectivity index (χ3n) is 4.24. The Balaban J connectivity index is 2.78. The molecule has 0 aromatic rings. The minimum atomic E-state index is -0.417. The first-order valence-electron chi connectivity index (χ1n) is 7.81. The van der Waals surface area contributed by atoms with Gasteiger partial charge in [0.1, 0.15) is 0 Å². The van der Waals surface area contributed by atoms with E-state index in [0.717, 1.165) is 13.0 Å². The third-order valence-corrected chi connectivity index (χ3v) is 4.24. The van der Waals surface area contributed by atoms with E-state index in [1.165, 1.54) is 7.11 Å². The number of carbonyl (C=O) groups is 2. The molecule has 5 nitrogen and oxygen atoms in total. The van der Waals surface area contributed by atoms with Crippen molar-refractivity contribution in [3.63, 3.8) is 0 Å². The Morgan fingerprint density at radius 2 is 1.95 bits per heavy atom. The Morgan fingerprint density at radius 3 is 2.43 bits per heavy atom. The quantitative estimate of drug-likeness (QED) is 0.804.